The van der Waals surface area contributed by atoms with Crippen LogP contribution >= 0.6 is 27.7 Å². The first kappa shape index (κ1) is 18.1. The fourth-order valence-electron chi connectivity index (χ4n) is 2.16. The number of halogens is 1. The third-order valence-corrected chi connectivity index (χ3v) is 4.99. The number of hydrogen-bond donors (Lipinski definition) is 1. The van der Waals surface area contributed by atoms with E-state index in [-0.39, 0.29) is 0 Å². The van der Waals surface area contributed by atoms with Crippen LogP contribution in [0.2, 0.25) is 0 Å². The Kier molecular flexibility index (Phi) is 10.5. The average Bonchev–Trinajstić information content (AvgIpc) is 2.45. The number of unbranched alkanes of at least 4 members (excludes halogenated alkanes) is 3. The Hall–Kier alpha value is 0.01000. The average molecular weight is 358 g/mol. The van der Waals surface area contributed by atoms with Crippen molar-refractivity contribution in [2.75, 3.05) is 12.3 Å². The molecular formula is C17H28BrNS. The van der Waals surface area contributed by atoms with Crippen LogP contribution in [-0.4, -0.2) is 18.3 Å². The summed E-state index contributed by atoms with van der Waals surface area (Å²) >= 11 is 5.51. The van der Waals surface area contributed by atoms with E-state index in [0.29, 0.717) is 6.04 Å². The maximum Gasteiger partial charge on any atom is 0.0186 e. The molecule has 1 aromatic rings. The molecule has 1 nitrogen and oxygen atoms in total. The highest BCUT2D eigenvalue weighted by atomic mass is 79.9. The molecular weight excluding hydrogens is 330 g/mol. The normalized spacial score (nSPS) is 12.6. The summed E-state index contributed by atoms with van der Waals surface area (Å²) in [6.07, 6.45) is 7.95. The SMILES string of the molecule is CCCCCCC(CSc1cccc(Br)c1)NCCC. The summed E-state index contributed by atoms with van der Waals surface area (Å²) in [4.78, 5) is 1.36. The van der Waals surface area contributed by atoms with Crippen LogP contribution in [0.1, 0.15) is 52.4 Å². The van der Waals surface area contributed by atoms with Crippen molar-refractivity contribution in [3.63, 3.8) is 0 Å². The molecule has 0 aliphatic rings. The number of thioether (sulfide) groups is 1. The van der Waals surface area contributed by atoms with E-state index >= 15 is 0 Å². The van der Waals surface area contributed by atoms with Gasteiger partial charge in [-0.3, -0.25) is 0 Å². The molecule has 0 spiro atoms. The lowest BCUT2D eigenvalue weighted by Gasteiger charge is -2.18. The van der Waals surface area contributed by atoms with Gasteiger partial charge in [0.15, 0.2) is 0 Å². The molecule has 0 radical (unpaired) electrons. The number of benzene rings is 1. The molecule has 0 amide bonds. The fraction of sp³-hybridized carbons (Fsp3) is 0.647. The first-order valence-electron chi connectivity index (χ1n) is 7.88. The lowest BCUT2D eigenvalue weighted by atomic mass is 10.1. The van der Waals surface area contributed by atoms with Gasteiger partial charge in [-0.05, 0) is 37.6 Å². The summed E-state index contributed by atoms with van der Waals surface area (Å²) in [6, 6.07) is 9.25. The van der Waals surface area contributed by atoms with Crippen molar-refractivity contribution in [1.29, 1.82) is 0 Å². The zero-order valence-electron chi connectivity index (χ0n) is 12.8. The molecule has 20 heavy (non-hydrogen) atoms. The third kappa shape index (κ3) is 8.33. The molecule has 1 unspecified atom stereocenters. The second-order valence-corrected chi connectivity index (χ2v) is 7.28. The Balaban J connectivity index is 2.34. The van der Waals surface area contributed by atoms with Gasteiger partial charge in [0.1, 0.15) is 0 Å². The van der Waals surface area contributed by atoms with Gasteiger partial charge in [-0.1, -0.05) is 61.5 Å². The molecule has 1 atom stereocenters. The molecule has 0 saturated carbocycles. The fourth-order valence-corrected chi connectivity index (χ4v) is 3.78. The van der Waals surface area contributed by atoms with E-state index in [9.17, 15) is 0 Å². The molecule has 0 aliphatic carbocycles. The van der Waals surface area contributed by atoms with Crippen molar-refractivity contribution < 1.29 is 0 Å². The minimum absolute atomic E-state index is 0.649. The first-order chi connectivity index (χ1) is 9.76. The van der Waals surface area contributed by atoms with Crippen LogP contribution in [0.25, 0.3) is 0 Å². The quantitative estimate of drug-likeness (QED) is 0.392. The van der Waals surface area contributed by atoms with Gasteiger partial charge in [0.2, 0.25) is 0 Å². The standard InChI is InChI=1S/C17H28BrNS/c1-3-5-6-7-10-16(19-12-4-2)14-20-17-11-8-9-15(18)13-17/h8-9,11,13,16,19H,3-7,10,12,14H2,1-2H3. The van der Waals surface area contributed by atoms with E-state index in [1.807, 2.05) is 11.8 Å². The Labute approximate surface area is 137 Å². The van der Waals surface area contributed by atoms with E-state index in [1.165, 1.54) is 53.6 Å². The number of nitrogens with one attached hydrogen (secondary N) is 1. The smallest absolute Gasteiger partial charge is 0.0186 e. The highest BCUT2D eigenvalue weighted by Gasteiger charge is 2.08. The predicted octanol–water partition coefficient (Wildman–Crippen LogP) is 5.88. The van der Waals surface area contributed by atoms with Gasteiger partial charge in [0.25, 0.3) is 0 Å². The molecule has 3 heteroatoms. The van der Waals surface area contributed by atoms with Crippen LogP contribution in [0, 0.1) is 0 Å². The minimum atomic E-state index is 0.649. The summed E-state index contributed by atoms with van der Waals surface area (Å²) in [5.41, 5.74) is 0. The molecule has 0 saturated heterocycles. The zero-order valence-corrected chi connectivity index (χ0v) is 15.2. The molecule has 1 aromatic carbocycles. The van der Waals surface area contributed by atoms with Crippen molar-refractivity contribution in [2.24, 2.45) is 0 Å². The van der Waals surface area contributed by atoms with E-state index in [0.717, 1.165) is 6.54 Å². The predicted molar refractivity (Wildman–Crippen MR) is 95.7 cm³/mol. The van der Waals surface area contributed by atoms with Crippen LogP contribution in [0.3, 0.4) is 0 Å². The van der Waals surface area contributed by atoms with Gasteiger partial charge in [0.05, 0.1) is 0 Å². The maximum absolute atomic E-state index is 3.70. The zero-order chi connectivity index (χ0) is 14.6. The first-order valence-corrected chi connectivity index (χ1v) is 9.65. The van der Waals surface area contributed by atoms with Gasteiger partial charge in [0, 0.05) is 21.2 Å². The summed E-state index contributed by atoms with van der Waals surface area (Å²) in [6.45, 7) is 5.65. The molecule has 0 aliphatic heterocycles. The second-order valence-electron chi connectivity index (χ2n) is 5.27. The van der Waals surface area contributed by atoms with Gasteiger partial charge in [-0.2, -0.15) is 0 Å². The third-order valence-electron chi connectivity index (χ3n) is 3.34. The Morgan fingerprint density at radius 3 is 2.70 bits per heavy atom. The minimum Gasteiger partial charge on any atom is -0.313 e. The number of hydrogen-bond acceptors (Lipinski definition) is 2. The second kappa shape index (κ2) is 11.6. The molecule has 0 bridgehead atoms. The monoisotopic (exact) mass is 357 g/mol. The highest BCUT2D eigenvalue weighted by Crippen LogP contribution is 2.23. The summed E-state index contributed by atoms with van der Waals surface area (Å²) < 4.78 is 1.17. The van der Waals surface area contributed by atoms with Crippen molar-refractivity contribution in [1.82, 2.24) is 5.32 Å². The number of rotatable bonds is 11. The van der Waals surface area contributed by atoms with Gasteiger partial charge < -0.3 is 5.32 Å². The van der Waals surface area contributed by atoms with Gasteiger partial charge in [-0.15, -0.1) is 11.8 Å². The van der Waals surface area contributed by atoms with E-state index in [2.05, 4.69) is 59.4 Å². The van der Waals surface area contributed by atoms with Crippen molar-refractivity contribution in [3.05, 3.63) is 28.7 Å². The van der Waals surface area contributed by atoms with Crippen LogP contribution < -0.4 is 5.32 Å². The molecule has 1 N–H and O–H groups in total. The Bertz CT molecular complexity index is 357. The lowest BCUT2D eigenvalue weighted by molar-refractivity contribution is 0.488. The summed E-state index contributed by atoms with van der Waals surface area (Å²) in [7, 11) is 0. The van der Waals surface area contributed by atoms with Crippen LogP contribution in [0.4, 0.5) is 0 Å². The topological polar surface area (TPSA) is 12.0 Å². The van der Waals surface area contributed by atoms with E-state index in [4.69, 9.17) is 0 Å². The molecule has 0 fully saturated rings. The highest BCUT2D eigenvalue weighted by molar-refractivity contribution is 9.10. The van der Waals surface area contributed by atoms with Crippen LogP contribution in [0.15, 0.2) is 33.6 Å². The van der Waals surface area contributed by atoms with Gasteiger partial charge in [-0.25, -0.2) is 0 Å². The molecule has 0 aromatic heterocycles. The largest absolute Gasteiger partial charge is 0.313 e. The van der Waals surface area contributed by atoms with E-state index < -0.39 is 0 Å². The molecule has 114 valence electrons. The Morgan fingerprint density at radius 1 is 1.15 bits per heavy atom. The summed E-state index contributed by atoms with van der Waals surface area (Å²) in [5.74, 6) is 1.17. The summed E-state index contributed by atoms with van der Waals surface area (Å²) in [5, 5.41) is 3.70. The molecule has 1 rings (SSSR count). The van der Waals surface area contributed by atoms with Gasteiger partial charge >= 0.3 is 0 Å². The lowest BCUT2D eigenvalue weighted by Crippen LogP contribution is -2.31. The van der Waals surface area contributed by atoms with Crippen molar-refractivity contribution in [2.45, 2.75) is 63.3 Å². The Morgan fingerprint density at radius 2 is 2.00 bits per heavy atom. The van der Waals surface area contributed by atoms with Crippen LogP contribution in [0.5, 0.6) is 0 Å². The maximum atomic E-state index is 3.70. The van der Waals surface area contributed by atoms with Crippen molar-refractivity contribution in [3.8, 4) is 0 Å². The molecule has 0 heterocycles. The van der Waals surface area contributed by atoms with Crippen molar-refractivity contribution >= 4 is 27.7 Å². The van der Waals surface area contributed by atoms with Crippen LogP contribution in [-0.2, 0) is 0 Å². The van der Waals surface area contributed by atoms with E-state index in [1.54, 1.807) is 0 Å².